The summed E-state index contributed by atoms with van der Waals surface area (Å²) in [7, 11) is 0. The molecule has 0 aliphatic carbocycles. The van der Waals surface area contributed by atoms with E-state index in [1.54, 1.807) is 6.07 Å². The minimum Gasteiger partial charge on any atom is -0.454 e. The fourth-order valence-corrected chi connectivity index (χ4v) is 2.61. The lowest BCUT2D eigenvalue weighted by atomic mass is 9.86. The number of aliphatic hydroxyl groups is 1. The maximum atomic E-state index is 11.1. The van der Waals surface area contributed by atoms with Gasteiger partial charge in [-0.25, -0.2) is 4.99 Å². The zero-order chi connectivity index (χ0) is 20.7. The molecule has 1 aromatic heterocycles. The summed E-state index contributed by atoms with van der Waals surface area (Å²) in [5, 5.41) is 16.7. The molecule has 29 heavy (non-hydrogen) atoms. The summed E-state index contributed by atoms with van der Waals surface area (Å²) < 4.78 is 5.32. The van der Waals surface area contributed by atoms with Crippen molar-refractivity contribution < 1.29 is 14.3 Å². The SMILES string of the molecule is CCNC(=NCc1ccc(C(N)=O)o1)NCC(O)c1ccc(C(C)(C)C)cc1.I. The summed E-state index contributed by atoms with van der Waals surface area (Å²) in [6.07, 6.45) is -0.664. The van der Waals surface area contributed by atoms with Gasteiger partial charge in [-0.1, -0.05) is 45.0 Å². The van der Waals surface area contributed by atoms with Crippen LogP contribution in [-0.2, 0) is 12.0 Å². The highest BCUT2D eigenvalue weighted by Gasteiger charge is 2.15. The van der Waals surface area contributed by atoms with Crippen LogP contribution in [0.1, 0.15) is 61.2 Å². The maximum absolute atomic E-state index is 11.1. The predicted octanol–water partition coefficient (Wildman–Crippen LogP) is 3.08. The van der Waals surface area contributed by atoms with Gasteiger partial charge in [0, 0.05) is 13.1 Å². The molecule has 7 nitrogen and oxygen atoms in total. The topological polar surface area (TPSA) is 113 Å². The summed E-state index contributed by atoms with van der Waals surface area (Å²) in [4.78, 5) is 15.5. The number of carbonyl (C=O) groups is 1. The van der Waals surface area contributed by atoms with Crippen molar-refractivity contribution in [2.24, 2.45) is 10.7 Å². The minimum absolute atomic E-state index is 0. The number of benzene rings is 1. The van der Waals surface area contributed by atoms with E-state index >= 15 is 0 Å². The van der Waals surface area contributed by atoms with E-state index in [9.17, 15) is 9.90 Å². The Morgan fingerprint density at radius 2 is 1.83 bits per heavy atom. The highest BCUT2D eigenvalue weighted by molar-refractivity contribution is 14.0. The molecule has 1 aromatic carbocycles. The van der Waals surface area contributed by atoms with Gasteiger partial charge >= 0.3 is 0 Å². The van der Waals surface area contributed by atoms with Gasteiger partial charge in [-0.15, -0.1) is 24.0 Å². The zero-order valence-corrected chi connectivity index (χ0v) is 19.7. The van der Waals surface area contributed by atoms with E-state index in [-0.39, 0.29) is 41.7 Å². The van der Waals surface area contributed by atoms with E-state index in [2.05, 4.69) is 36.4 Å². The van der Waals surface area contributed by atoms with Crippen molar-refractivity contribution in [3.8, 4) is 0 Å². The van der Waals surface area contributed by atoms with E-state index in [1.165, 1.54) is 11.6 Å². The van der Waals surface area contributed by atoms with E-state index in [0.29, 0.717) is 24.8 Å². The van der Waals surface area contributed by atoms with Crippen LogP contribution < -0.4 is 16.4 Å². The molecule has 8 heteroatoms. The van der Waals surface area contributed by atoms with Crippen LogP contribution in [-0.4, -0.2) is 30.1 Å². The van der Waals surface area contributed by atoms with E-state index < -0.39 is 12.0 Å². The summed E-state index contributed by atoms with van der Waals surface area (Å²) in [5.74, 6) is 0.576. The molecule has 2 rings (SSSR count). The zero-order valence-electron chi connectivity index (χ0n) is 17.4. The highest BCUT2D eigenvalue weighted by Crippen LogP contribution is 2.23. The largest absolute Gasteiger partial charge is 0.454 e. The molecule has 0 radical (unpaired) electrons. The number of guanidine groups is 1. The molecule has 0 bridgehead atoms. The number of hydrogen-bond donors (Lipinski definition) is 4. The standard InChI is InChI=1S/C21H30N4O3.HI/c1-5-23-20(24-12-16-10-11-18(28-16)19(22)27)25-13-17(26)14-6-8-15(9-7-14)21(2,3)4;/h6-11,17,26H,5,12-13H2,1-4H3,(H2,22,27)(H2,23,24,25);1H. The molecular formula is C21H31IN4O3. The lowest BCUT2D eigenvalue weighted by Gasteiger charge is -2.20. The molecule has 0 fully saturated rings. The van der Waals surface area contributed by atoms with E-state index in [1.807, 2.05) is 31.2 Å². The Balaban J connectivity index is 0.00000420. The molecule has 1 atom stereocenters. The van der Waals surface area contributed by atoms with E-state index in [4.69, 9.17) is 10.2 Å². The minimum atomic E-state index is -0.664. The summed E-state index contributed by atoms with van der Waals surface area (Å²) in [6, 6.07) is 11.2. The van der Waals surface area contributed by atoms with Crippen LogP contribution in [0.25, 0.3) is 0 Å². The monoisotopic (exact) mass is 514 g/mol. The van der Waals surface area contributed by atoms with Crippen LogP contribution in [0.15, 0.2) is 45.8 Å². The highest BCUT2D eigenvalue weighted by atomic mass is 127. The molecule has 0 spiro atoms. The van der Waals surface area contributed by atoms with E-state index in [0.717, 1.165) is 5.56 Å². The van der Waals surface area contributed by atoms with Gasteiger partial charge in [0.25, 0.3) is 5.91 Å². The van der Waals surface area contributed by atoms with Crippen molar-refractivity contribution in [2.75, 3.05) is 13.1 Å². The fourth-order valence-electron chi connectivity index (χ4n) is 2.61. The van der Waals surface area contributed by atoms with Gasteiger partial charge in [-0.05, 0) is 35.6 Å². The maximum Gasteiger partial charge on any atom is 0.284 e. The average molecular weight is 514 g/mol. The molecule has 0 aliphatic heterocycles. The third-order valence-corrected chi connectivity index (χ3v) is 4.27. The number of nitrogens with one attached hydrogen (secondary N) is 2. The van der Waals surface area contributed by atoms with Crippen LogP contribution in [0.5, 0.6) is 0 Å². The van der Waals surface area contributed by atoms with Crippen molar-refractivity contribution in [1.82, 2.24) is 10.6 Å². The van der Waals surface area contributed by atoms with Gasteiger partial charge in [-0.2, -0.15) is 0 Å². The summed E-state index contributed by atoms with van der Waals surface area (Å²) in [6.45, 7) is 9.66. The number of nitrogens with two attached hydrogens (primary N) is 1. The van der Waals surface area contributed by atoms with Crippen molar-refractivity contribution in [2.45, 2.75) is 45.8 Å². The first-order valence-electron chi connectivity index (χ1n) is 9.40. The van der Waals surface area contributed by atoms with Crippen molar-refractivity contribution in [1.29, 1.82) is 0 Å². The Morgan fingerprint density at radius 3 is 2.34 bits per heavy atom. The number of rotatable bonds is 7. The van der Waals surface area contributed by atoms with Gasteiger partial charge in [-0.3, -0.25) is 4.79 Å². The molecule has 1 unspecified atom stereocenters. The number of aliphatic imine (C=N–C) groups is 1. The van der Waals surface area contributed by atoms with Gasteiger partial charge in [0.2, 0.25) is 0 Å². The molecule has 160 valence electrons. The van der Waals surface area contributed by atoms with Crippen LogP contribution in [0.2, 0.25) is 0 Å². The van der Waals surface area contributed by atoms with Crippen molar-refractivity contribution >= 4 is 35.8 Å². The number of aliphatic hydroxyl groups excluding tert-OH is 1. The Morgan fingerprint density at radius 1 is 1.17 bits per heavy atom. The van der Waals surface area contributed by atoms with Crippen LogP contribution in [0.3, 0.4) is 0 Å². The molecule has 5 N–H and O–H groups in total. The summed E-state index contributed by atoms with van der Waals surface area (Å²) in [5.41, 5.74) is 7.32. The predicted molar refractivity (Wildman–Crippen MR) is 126 cm³/mol. The third kappa shape index (κ3) is 7.69. The first-order chi connectivity index (χ1) is 13.2. The molecule has 1 amide bonds. The fraction of sp³-hybridized carbons (Fsp3) is 0.429. The smallest absolute Gasteiger partial charge is 0.284 e. The van der Waals surface area contributed by atoms with Crippen molar-refractivity contribution in [3.05, 3.63) is 59.0 Å². The van der Waals surface area contributed by atoms with Gasteiger partial charge < -0.3 is 25.9 Å². The number of primary amides is 1. The quantitative estimate of drug-likeness (QED) is 0.258. The second-order valence-corrected chi connectivity index (χ2v) is 7.59. The lowest BCUT2D eigenvalue weighted by Crippen LogP contribution is -2.39. The Labute approximate surface area is 189 Å². The molecule has 1 heterocycles. The third-order valence-electron chi connectivity index (χ3n) is 4.27. The second-order valence-electron chi connectivity index (χ2n) is 7.59. The number of amides is 1. The first kappa shape index (κ1) is 25.0. The van der Waals surface area contributed by atoms with Gasteiger partial charge in [0.1, 0.15) is 12.3 Å². The normalized spacial score (nSPS) is 12.8. The van der Waals surface area contributed by atoms with Crippen LogP contribution in [0, 0.1) is 0 Å². The molecule has 0 saturated heterocycles. The van der Waals surface area contributed by atoms with Crippen LogP contribution in [0.4, 0.5) is 0 Å². The summed E-state index contributed by atoms with van der Waals surface area (Å²) >= 11 is 0. The molecule has 0 saturated carbocycles. The molecular weight excluding hydrogens is 483 g/mol. The Kier molecular flexibility index (Phi) is 9.64. The first-order valence-corrected chi connectivity index (χ1v) is 9.40. The molecule has 2 aromatic rings. The number of nitrogens with zero attached hydrogens (tertiary/aromatic N) is 1. The van der Waals surface area contributed by atoms with Crippen molar-refractivity contribution in [3.63, 3.8) is 0 Å². The van der Waals surface area contributed by atoms with Crippen LogP contribution >= 0.6 is 24.0 Å². The number of carbonyl (C=O) groups excluding carboxylic acids is 1. The van der Waals surface area contributed by atoms with Gasteiger partial charge in [0.05, 0.1) is 6.10 Å². The number of furan rings is 1. The second kappa shape index (κ2) is 11.2. The lowest BCUT2D eigenvalue weighted by molar-refractivity contribution is 0.0972. The van der Waals surface area contributed by atoms with Gasteiger partial charge in [0.15, 0.2) is 11.7 Å². The Hall–Kier alpha value is -2.07. The number of halogens is 1. The Bertz CT molecular complexity index is 810. The molecule has 0 aliphatic rings. The number of hydrogen-bond acceptors (Lipinski definition) is 4. The average Bonchev–Trinajstić information content (AvgIpc) is 3.12.